The quantitative estimate of drug-likeness (QED) is 0.418. The number of phenols is 1. The van der Waals surface area contributed by atoms with Crippen LogP contribution in [0.15, 0.2) is 39.9 Å². The van der Waals surface area contributed by atoms with Crippen LogP contribution in [0, 0.1) is 10.1 Å². The third kappa shape index (κ3) is 4.28. The van der Waals surface area contributed by atoms with Gasteiger partial charge in [0.05, 0.1) is 35.4 Å². The SMILES string of the molecule is COc1ccc(C(=O)NN=Cc2cc([N+](=O)[O-])cc(Br)c2O)c(OC)c1. The fraction of sp³-hybridized carbons (Fsp3) is 0.125. The Morgan fingerprint density at radius 1 is 1.31 bits per heavy atom. The second-order valence-electron chi connectivity index (χ2n) is 4.89. The van der Waals surface area contributed by atoms with E-state index in [0.29, 0.717) is 5.75 Å². The molecular weight excluding hydrogens is 410 g/mol. The minimum atomic E-state index is -0.609. The number of nitrogens with zero attached hydrogens (tertiary/aromatic N) is 2. The Morgan fingerprint density at radius 2 is 2.04 bits per heavy atom. The molecule has 0 saturated carbocycles. The Kier molecular flexibility index (Phi) is 6.12. The highest BCUT2D eigenvalue weighted by atomic mass is 79.9. The van der Waals surface area contributed by atoms with E-state index in [1.807, 2.05) is 0 Å². The highest BCUT2D eigenvalue weighted by Gasteiger charge is 2.15. The third-order valence-electron chi connectivity index (χ3n) is 3.31. The first-order valence-corrected chi connectivity index (χ1v) is 7.89. The van der Waals surface area contributed by atoms with Crippen molar-refractivity contribution < 1.29 is 24.3 Å². The maximum atomic E-state index is 12.2. The number of rotatable bonds is 6. The largest absolute Gasteiger partial charge is 0.506 e. The molecule has 0 saturated heterocycles. The van der Waals surface area contributed by atoms with E-state index in [9.17, 15) is 20.0 Å². The number of non-ortho nitro benzene ring substituents is 1. The summed E-state index contributed by atoms with van der Waals surface area (Å²) in [4.78, 5) is 22.5. The van der Waals surface area contributed by atoms with Gasteiger partial charge in [-0.1, -0.05) is 0 Å². The van der Waals surface area contributed by atoms with E-state index in [-0.39, 0.29) is 32.8 Å². The van der Waals surface area contributed by atoms with Crippen LogP contribution in [0.3, 0.4) is 0 Å². The van der Waals surface area contributed by atoms with Gasteiger partial charge < -0.3 is 14.6 Å². The standard InChI is InChI=1S/C16H14BrN3O6/c1-25-11-3-4-12(14(7-11)26-2)16(22)19-18-8-9-5-10(20(23)24)6-13(17)15(9)21/h3-8,21H,1-2H3,(H,19,22). The Balaban J connectivity index is 2.21. The number of hydrogen-bond acceptors (Lipinski definition) is 7. The summed E-state index contributed by atoms with van der Waals surface area (Å²) < 4.78 is 10.3. The number of benzene rings is 2. The van der Waals surface area contributed by atoms with Crippen molar-refractivity contribution in [2.75, 3.05) is 14.2 Å². The molecule has 0 radical (unpaired) electrons. The van der Waals surface area contributed by atoms with Crippen molar-refractivity contribution in [3.8, 4) is 17.2 Å². The van der Waals surface area contributed by atoms with Crippen LogP contribution in [0.1, 0.15) is 15.9 Å². The predicted molar refractivity (Wildman–Crippen MR) is 97.1 cm³/mol. The first-order chi connectivity index (χ1) is 12.4. The molecule has 0 aliphatic carbocycles. The molecule has 1 amide bonds. The van der Waals surface area contributed by atoms with Crippen molar-refractivity contribution >= 4 is 33.7 Å². The number of nitrogens with one attached hydrogen (secondary N) is 1. The van der Waals surface area contributed by atoms with E-state index >= 15 is 0 Å². The fourth-order valence-electron chi connectivity index (χ4n) is 2.02. The number of phenolic OH excluding ortho intramolecular Hbond substituents is 1. The number of carbonyl (C=O) groups excluding carboxylic acids is 1. The van der Waals surface area contributed by atoms with Crippen molar-refractivity contribution in [2.24, 2.45) is 5.10 Å². The number of nitro groups is 1. The van der Waals surface area contributed by atoms with Gasteiger partial charge in [0.15, 0.2) is 0 Å². The molecule has 0 unspecified atom stereocenters. The van der Waals surface area contributed by atoms with Crippen molar-refractivity contribution in [2.45, 2.75) is 0 Å². The number of hydrazone groups is 1. The predicted octanol–water partition coefficient (Wildman–Crippen LogP) is 2.84. The Labute approximate surface area is 156 Å². The number of ether oxygens (including phenoxy) is 2. The molecule has 0 aromatic heterocycles. The summed E-state index contributed by atoms with van der Waals surface area (Å²) in [6.07, 6.45) is 1.10. The summed E-state index contributed by atoms with van der Waals surface area (Å²) in [6, 6.07) is 6.92. The lowest BCUT2D eigenvalue weighted by Crippen LogP contribution is -2.18. The summed E-state index contributed by atoms with van der Waals surface area (Å²) in [6.45, 7) is 0. The first kappa shape index (κ1) is 19.2. The average Bonchev–Trinajstić information content (AvgIpc) is 2.63. The first-order valence-electron chi connectivity index (χ1n) is 7.09. The van der Waals surface area contributed by atoms with Gasteiger partial charge in [0.1, 0.15) is 17.2 Å². The summed E-state index contributed by atoms with van der Waals surface area (Å²) in [5.41, 5.74) is 2.31. The lowest BCUT2D eigenvalue weighted by molar-refractivity contribution is -0.385. The molecule has 0 heterocycles. The van der Waals surface area contributed by atoms with Gasteiger partial charge in [-0.15, -0.1) is 0 Å². The van der Waals surface area contributed by atoms with Crippen molar-refractivity contribution in [3.05, 3.63) is 56.0 Å². The van der Waals surface area contributed by atoms with Crippen molar-refractivity contribution in [1.82, 2.24) is 5.43 Å². The molecule has 10 heteroatoms. The minimum Gasteiger partial charge on any atom is -0.506 e. The molecule has 0 bridgehead atoms. The second kappa shape index (κ2) is 8.30. The number of methoxy groups -OCH3 is 2. The maximum Gasteiger partial charge on any atom is 0.275 e. The van der Waals surface area contributed by atoms with Gasteiger partial charge in [-0.05, 0) is 28.1 Å². The van der Waals surface area contributed by atoms with Crippen LogP contribution in [0.4, 0.5) is 5.69 Å². The molecule has 9 nitrogen and oxygen atoms in total. The molecule has 2 N–H and O–H groups in total. The van der Waals surface area contributed by atoms with Gasteiger partial charge in [0, 0.05) is 23.8 Å². The normalized spacial score (nSPS) is 10.6. The molecule has 136 valence electrons. The van der Waals surface area contributed by atoms with Gasteiger partial charge >= 0.3 is 0 Å². The van der Waals surface area contributed by atoms with Crippen LogP contribution < -0.4 is 14.9 Å². The molecular formula is C16H14BrN3O6. The van der Waals surface area contributed by atoms with Crippen LogP contribution in [0.2, 0.25) is 0 Å². The monoisotopic (exact) mass is 423 g/mol. The summed E-state index contributed by atoms with van der Waals surface area (Å²) in [7, 11) is 2.90. The highest BCUT2D eigenvalue weighted by Crippen LogP contribution is 2.31. The van der Waals surface area contributed by atoms with Crippen LogP contribution in [0.5, 0.6) is 17.2 Å². The van der Waals surface area contributed by atoms with E-state index in [0.717, 1.165) is 18.3 Å². The number of hydrogen-bond donors (Lipinski definition) is 2. The molecule has 2 rings (SSSR count). The average molecular weight is 424 g/mol. The van der Waals surface area contributed by atoms with Gasteiger partial charge in [0.2, 0.25) is 0 Å². The van der Waals surface area contributed by atoms with Gasteiger partial charge in [-0.3, -0.25) is 14.9 Å². The summed E-state index contributed by atoms with van der Waals surface area (Å²) in [5, 5.41) is 24.5. The molecule has 26 heavy (non-hydrogen) atoms. The summed E-state index contributed by atoms with van der Waals surface area (Å²) >= 11 is 3.02. The smallest absolute Gasteiger partial charge is 0.275 e. The Bertz CT molecular complexity index is 885. The molecule has 0 atom stereocenters. The van der Waals surface area contributed by atoms with Crippen molar-refractivity contribution in [3.63, 3.8) is 0 Å². The van der Waals surface area contributed by atoms with E-state index in [2.05, 4.69) is 26.5 Å². The number of amides is 1. The molecule has 2 aromatic carbocycles. The summed E-state index contributed by atoms with van der Waals surface area (Å²) in [5.74, 6) is 0.00614. The van der Waals surface area contributed by atoms with Gasteiger partial charge in [-0.25, -0.2) is 5.43 Å². The van der Waals surface area contributed by atoms with Crippen molar-refractivity contribution in [1.29, 1.82) is 0 Å². The molecule has 0 spiro atoms. The van der Waals surface area contributed by atoms with E-state index < -0.39 is 10.8 Å². The Hall–Kier alpha value is -3.14. The number of aromatic hydroxyl groups is 1. The van der Waals surface area contributed by atoms with Crippen LogP contribution in [0.25, 0.3) is 0 Å². The van der Waals surface area contributed by atoms with Crippen LogP contribution >= 0.6 is 15.9 Å². The van der Waals surface area contributed by atoms with E-state index in [4.69, 9.17) is 9.47 Å². The van der Waals surface area contributed by atoms with Gasteiger partial charge in [-0.2, -0.15) is 5.10 Å². The zero-order valence-electron chi connectivity index (χ0n) is 13.7. The number of carbonyl (C=O) groups is 1. The van der Waals surface area contributed by atoms with Gasteiger partial charge in [0.25, 0.3) is 11.6 Å². The van der Waals surface area contributed by atoms with Crippen LogP contribution in [-0.4, -0.2) is 36.4 Å². The lowest BCUT2D eigenvalue weighted by atomic mass is 10.2. The molecule has 0 aliphatic rings. The molecule has 0 aliphatic heterocycles. The number of halogens is 1. The van der Waals surface area contributed by atoms with E-state index in [1.165, 1.54) is 20.3 Å². The minimum absolute atomic E-state index is 0.0630. The zero-order valence-corrected chi connectivity index (χ0v) is 15.3. The fourth-order valence-corrected chi connectivity index (χ4v) is 2.48. The number of nitro benzene ring substituents is 1. The second-order valence-corrected chi connectivity index (χ2v) is 5.74. The third-order valence-corrected chi connectivity index (χ3v) is 3.92. The maximum absolute atomic E-state index is 12.2. The lowest BCUT2D eigenvalue weighted by Gasteiger charge is -2.09. The topological polar surface area (TPSA) is 123 Å². The Morgan fingerprint density at radius 3 is 2.65 bits per heavy atom. The van der Waals surface area contributed by atoms with E-state index in [1.54, 1.807) is 12.1 Å². The molecule has 0 fully saturated rings. The van der Waals surface area contributed by atoms with Crippen LogP contribution in [-0.2, 0) is 0 Å². The highest BCUT2D eigenvalue weighted by molar-refractivity contribution is 9.10. The zero-order chi connectivity index (χ0) is 19.3. The molecule has 2 aromatic rings.